The summed E-state index contributed by atoms with van der Waals surface area (Å²) in [5.41, 5.74) is 2.26. The number of rotatable bonds is 2. The van der Waals surface area contributed by atoms with E-state index in [9.17, 15) is 0 Å². The van der Waals surface area contributed by atoms with Crippen molar-refractivity contribution in [1.82, 2.24) is 14.8 Å². The number of aryl methyl sites for hydroxylation is 2. The summed E-state index contributed by atoms with van der Waals surface area (Å²) in [6.07, 6.45) is 4.83. The second kappa shape index (κ2) is 3.30. The van der Waals surface area contributed by atoms with E-state index in [1.807, 2.05) is 19.4 Å². The van der Waals surface area contributed by atoms with Gasteiger partial charge in [0.25, 0.3) is 0 Å². The van der Waals surface area contributed by atoms with Crippen LogP contribution in [-0.2, 0) is 13.5 Å². The van der Waals surface area contributed by atoms with Crippen molar-refractivity contribution in [3.05, 3.63) is 23.5 Å². The Morgan fingerprint density at radius 3 is 2.92 bits per heavy atom. The predicted octanol–water partition coefficient (Wildman–Crippen LogP) is 2.11. The lowest BCUT2D eigenvalue weighted by atomic mass is 10.3. The van der Waals surface area contributed by atoms with Crippen molar-refractivity contribution in [3.63, 3.8) is 0 Å². The minimum atomic E-state index is 0.997. The van der Waals surface area contributed by atoms with Gasteiger partial charge in [-0.05, 0) is 6.42 Å². The smallest absolute Gasteiger partial charge is 0.126 e. The third-order valence-corrected chi connectivity index (χ3v) is 2.81. The number of hydrogen-bond donors (Lipinski definition) is 0. The van der Waals surface area contributed by atoms with Crippen molar-refractivity contribution < 1.29 is 0 Å². The molecule has 0 saturated heterocycles. The molecule has 3 nitrogen and oxygen atoms in total. The second-order valence-corrected chi connectivity index (χ2v) is 3.76. The summed E-state index contributed by atoms with van der Waals surface area (Å²) in [5, 5.41) is 7.27. The van der Waals surface area contributed by atoms with Crippen molar-refractivity contribution in [2.45, 2.75) is 13.3 Å². The van der Waals surface area contributed by atoms with Crippen LogP contribution in [-0.4, -0.2) is 14.8 Å². The Morgan fingerprint density at radius 2 is 2.38 bits per heavy atom. The van der Waals surface area contributed by atoms with Crippen LogP contribution in [0, 0.1) is 0 Å². The summed E-state index contributed by atoms with van der Waals surface area (Å²) in [5.74, 6) is 0. The largest absolute Gasteiger partial charge is 0.275 e. The van der Waals surface area contributed by atoms with Gasteiger partial charge >= 0.3 is 0 Å². The van der Waals surface area contributed by atoms with Gasteiger partial charge < -0.3 is 0 Å². The molecule has 13 heavy (non-hydrogen) atoms. The van der Waals surface area contributed by atoms with Crippen LogP contribution in [0.4, 0.5) is 0 Å². The summed E-state index contributed by atoms with van der Waals surface area (Å²) in [6, 6.07) is 0. The Labute approximate surface area is 81.1 Å². The lowest BCUT2D eigenvalue weighted by Gasteiger charge is -1.87. The van der Waals surface area contributed by atoms with E-state index >= 15 is 0 Å². The fraction of sp³-hybridized carbons (Fsp3) is 0.333. The van der Waals surface area contributed by atoms with E-state index in [1.165, 1.54) is 0 Å². The molecule has 0 bridgehead atoms. The lowest BCUT2D eigenvalue weighted by molar-refractivity contribution is 0.768. The van der Waals surface area contributed by atoms with Crippen LogP contribution < -0.4 is 0 Å². The Bertz CT molecular complexity index is 402. The highest BCUT2D eigenvalue weighted by molar-refractivity contribution is 7.13. The molecule has 68 valence electrons. The van der Waals surface area contributed by atoms with Crippen LogP contribution in [0.3, 0.4) is 0 Å². The molecular weight excluding hydrogens is 182 g/mol. The molecule has 0 unspecified atom stereocenters. The Hall–Kier alpha value is -1.16. The Balaban J connectivity index is 2.35. The summed E-state index contributed by atoms with van der Waals surface area (Å²) >= 11 is 1.68. The summed E-state index contributed by atoms with van der Waals surface area (Å²) < 4.78 is 1.79. The van der Waals surface area contributed by atoms with Crippen molar-refractivity contribution >= 4 is 11.3 Å². The molecule has 0 aliphatic carbocycles. The first-order valence-electron chi connectivity index (χ1n) is 4.23. The quantitative estimate of drug-likeness (QED) is 0.731. The van der Waals surface area contributed by atoms with Gasteiger partial charge in [0.1, 0.15) is 5.01 Å². The lowest BCUT2D eigenvalue weighted by Crippen LogP contribution is -1.84. The van der Waals surface area contributed by atoms with E-state index in [0.29, 0.717) is 0 Å². The normalized spacial score (nSPS) is 10.6. The van der Waals surface area contributed by atoms with Gasteiger partial charge in [0.2, 0.25) is 0 Å². The fourth-order valence-electron chi connectivity index (χ4n) is 1.13. The van der Waals surface area contributed by atoms with Gasteiger partial charge in [-0.1, -0.05) is 6.92 Å². The molecule has 0 spiro atoms. The van der Waals surface area contributed by atoms with E-state index in [4.69, 9.17) is 0 Å². The Kier molecular flexibility index (Phi) is 2.14. The van der Waals surface area contributed by atoms with Crippen LogP contribution in [0.15, 0.2) is 17.8 Å². The van der Waals surface area contributed by atoms with E-state index in [2.05, 4.69) is 22.4 Å². The van der Waals surface area contributed by atoms with E-state index in [0.717, 1.165) is 22.7 Å². The predicted molar refractivity (Wildman–Crippen MR) is 53.7 cm³/mol. The van der Waals surface area contributed by atoms with Crippen LogP contribution in [0.1, 0.15) is 12.6 Å². The minimum absolute atomic E-state index is 0.997. The van der Waals surface area contributed by atoms with Gasteiger partial charge in [0, 0.05) is 24.2 Å². The molecule has 0 atom stereocenters. The number of hydrogen-bond acceptors (Lipinski definition) is 3. The minimum Gasteiger partial charge on any atom is -0.275 e. The zero-order valence-corrected chi connectivity index (χ0v) is 8.51. The summed E-state index contributed by atoms with van der Waals surface area (Å²) in [6.45, 7) is 2.11. The molecule has 2 rings (SSSR count). The second-order valence-electron chi connectivity index (χ2n) is 2.90. The first-order valence-corrected chi connectivity index (χ1v) is 5.11. The first-order chi connectivity index (χ1) is 6.29. The van der Waals surface area contributed by atoms with Gasteiger partial charge in [-0.3, -0.25) is 4.68 Å². The molecule has 2 aromatic heterocycles. The maximum atomic E-state index is 4.48. The third-order valence-electron chi connectivity index (χ3n) is 1.87. The SMILES string of the molecule is CCc1csc(-c2cnn(C)c2)n1. The standard InChI is InChI=1S/C9H11N3S/c1-3-8-6-13-9(11-8)7-4-10-12(2)5-7/h4-6H,3H2,1-2H3. The first kappa shape index (κ1) is 8.44. The molecule has 0 aliphatic rings. The molecule has 2 aromatic rings. The maximum Gasteiger partial charge on any atom is 0.126 e. The van der Waals surface area contributed by atoms with Crippen molar-refractivity contribution in [2.75, 3.05) is 0 Å². The molecular formula is C9H11N3S. The van der Waals surface area contributed by atoms with Gasteiger partial charge in [0.05, 0.1) is 11.9 Å². The molecule has 0 saturated carbocycles. The van der Waals surface area contributed by atoms with E-state index in [1.54, 1.807) is 16.0 Å². The molecule has 2 heterocycles. The summed E-state index contributed by atoms with van der Waals surface area (Å²) in [7, 11) is 1.91. The van der Waals surface area contributed by atoms with Gasteiger partial charge in [-0.2, -0.15) is 5.10 Å². The zero-order chi connectivity index (χ0) is 9.26. The highest BCUT2D eigenvalue weighted by Crippen LogP contribution is 2.22. The zero-order valence-electron chi connectivity index (χ0n) is 7.69. The highest BCUT2D eigenvalue weighted by atomic mass is 32.1. The number of nitrogens with zero attached hydrogens (tertiary/aromatic N) is 3. The van der Waals surface area contributed by atoms with Crippen LogP contribution >= 0.6 is 11.3 Å². The topological polar surface area (TPSA) is 30.7 Å². The van der Waals surface area contributed by atoms with Crippen LogP contribution in [0.5, 0.6) is 0 Å². The van der Waals surface area contributed by atoms with Crippen LogP contribution in [0.2, 0.25) is 0 Å². The van der Waals surface area contributed by atoms with Gasteiger partial charge in [-0.25, -0.2) is 4.98 Å². The van der Waals surface area contributed by atoms with Gasteiger partial charge in [0.15, 0.2) is 0 Å². The molecule has 0 fully saturated rings. The molecule has 4 heteroatoms. The van der Waals surface area contributed by atoms with E-state index < -0.39 is 0 Å². The summed E-state index contributed by atoms with van der Waals surface area (Å²) in [4.78, 5) is 4.48. The molecule has 0 radical (unpaired) electrons. The number of thiazole rings is 1. The molecule has 0 aromatic carbocycles. The molecule has 0 amide bonds. The monoisotopic (exact) mass is 193 g/mol. The maximum absolute atomic E-state index is 4.48. The van der Waals surface area contributed by atoms with E-state index in [-0.39, 0.29) is 0 Å². The van der Waals surface area contributed by atoms with Crippen molar-refractivity contribution in [2.24, 2.45) is 7.05 Å². The average molecular weight is 193 g/mol. The molecule has 0 aliphatic heterocycles. The highest BCUT2D eigenvalue weighted by Gasteiger charge is 2.04. The molecule has 0 N–H and O–H groups in total. The van der Waals surface area contributed by atoms with Crippen molar-refractivity contribution in [3.8, 4) is 10.6 Å². The average Bonchev–Trinajstić information content (AvgIpc) is 2.71. The van der Waals surface area contributed by atoms with Gasteiger partial charge in [-0.15, -0.1) is 11.3 Å². The Morgan fingerprint density at radius 1 is 1.54 bits per heavy atom. The number of aromatic nitrogens is 3. The van der Waals surface area contributed by atoms with Crippen molar-refractivity contribution in [1.29, 1.82) is 0 Å². The van der Waals surface area contributed by atoms with Crippen LogP contribution in [0.25, 0.3) is 10.6 Å². The fourth-order valence-corrected chi connectivity index (χ4v) is 2.01. The third kappa shape index (κ3) is 1.62.